The minimum atomic E-state index is -0.354. The number of benzene rings is 2. The average Bonchev–Trinajstić information content (AvgIpc) is 3.17. The molecule has 0 saturated carbocycles. The quantitative estimate of drug-likeness (QED) is 0.527. The summed E-state index contributed by atoms with van der Waals surface area (Å²) in [5, 5.41) is 11.1. The highest BCUT2D eigenvalue weighted by molar-refractivity contribution is 6.00. The van der Waals surface area contributed by atoms with Crippen molar-refractivity contribution in [3.63, 3.8) is 0 Å². The summed E-state index contributed by atoms with van der Waals surface area (Å²) in [4.78, 5) is 12.3. The zero-order valence-electron chi connectivity index (χ0n) is 14.7. The topological polar surface area (TPSA) is 79.4 Å². The minimum Gasteiger partial charge on any atom is -0.493 e. The molecule has 1 heterocycles. The Morgan fingerprint density at radius 3 is 2.65 bits per heavy atom. The number of hydrogen-bond donors (Lipinski definition) is 2. The molecule has 3 rings (SSSR count). The van der Waals surface area contributed by atoms with Crippen LogP contribution in [0.3, 0.4) is 0 Å². The lowest BCUT2D eigenvalue weighted by Gasteiger charge is -2.07. The van der Waals surface area contributed by atoms with E-state index in [-0.39, 0.29) is 5.91 Å². The van der Waals surface area contributed by atoms with Gasteiger partial charge in [0, 0.05) is 5.56 Å². The number of para-hydroxylation sites is 1. The number of H-pyrrole nitrogens is 1. The van der Waals surface area contributed by atoms with E-state index in [0.717, 1.165) is 22.6 Å². The monoisotopic (exact) mass is 348 g/mol. The van der Waals surface area contributed by atoms with E-state index in [9.17, 15) is 4.79 Å². The Labute approximate surface area is 151 Å². The van der Waals surface area contributed by atoms with E-state index in [4.69, 9.17) is 4.74 Å². The van der Waals surface area contributed by atoms with Crippen LogP contribution in [0.1, 0.15) is 29.9 Å². The van der Waals surface area contributed by atoms with Gasteiger partial charge in [-0.1, -0.05) is 42.5 Å². The van der Waals surface area contributed by atoms with Crippen molar-refractivity contribution in [3.05, 3.63) is 71.9 Å². The number of aromatic amines is 1. The Bertz CT molecular complexity index is 916. The van der Waals surface area contributed by atoms with Crippen LogP contribution >= 0.6 is 0 Å². The van der Waals surface area contributed by atoms with E-state index in [0.29, 0.717) is 18.0 Å². The van der Waals surface area contributed by atoms with Gasteiger partial charge in [-0.2, -0.15) is 10.2 Å². The Morgan fingerprint density at radius 1 is 1.15 bits per heavy atom. The normalized spacial score (nSPS) is 11.2. The van der Waals surface area contributed by atoms with Crippen molar-refractivity contribution in [1.82, 2.24) is 15.6 Å². The van der Waals surface area contributed by atoms with Gasteiger partial charge in [-0.25, -0.2) is 5.43 Å². The zero-order valence-corrected chi connectivity index (χ0v) is 14.7. The second kappa shape index (κ2) is 8.11. The molecule has 2 aromatic carbocycles. The van der Waals surface area contributed by atoms with Gasteiger partial charge in [0.2, 0.25) is 0 Å². The molecule has 1 aromatic heterocycles. The second-order valence-corrected chi connectivity index (χ2v) is 5.60. The molecule has 1 amide bonds. The third kappa shape index (κ3) is 3.97. The fourth-order valence-corrected chi connectivity index (χ4v) is 2.47. The molecular weight excluding hydrogens is 328 g/mol. The first-order valence-corrected chi connectivity index (χ1v) is 8.36. The van der Waals surface area contributed by atoms with E-state index in [1.807, 2.05) is 68.4 Å². The molecule has 132 valence electrons. The molecule has 3 aromatic rings. The van der Waals surface area contributed by atoms with Gasteiger partial charge in [0.15, 0.2) is 0 Å². The van der Waals surface area contributed by atoms with Gasteiger partial charge in [0.05, 0.1) is 18.0 Å². The van der Waals surface area contributed by atoms with Crippen LogP contribution in [-0.2, 0) is 0 Å². The Balaban J connectivity index is 1.75. The molecular formula is C20H20N4O2. The smallest absolute Gasteiger partial charge is 0.289 e. The molecule has 2 N–H and O–H groups in total. The lowest BCUT2D eigenvalue weighted by Crippen LogP contribution is -2.19. The van der Waals surface area contributed by atoms with Crippen LogP contribution in [0.15, 0.2) is 65.8 Å². The fraction of sp³-hybridized carbons (Fsp3) is 0.150. The summed E-state index contributed by atoms with van der Waals surface area (Å²) in [7, 11) is 0. The minimum absolute atomic E-state index is 0.330. The highest BCUT2D eigenvalue weighted by Gasteiger charge is 2.13. The molecule has 0 unspecified atom stereocenters. The molecule has 0 bridgehead atoms. The predicted molar refractivity (Wildman–Crippen MR) is 101 cm³/mol. The van der Waals surface area contributed by atoms with E-state index < -0.39 is 0 Å². The lowest BCUT2D eigenvalue weighted by molar-refractivity contribution is 0.0950. The van der Waals surface area contributed by atoms with Crippen molar-refractivity contribution in [2.75, 3.05) is 6.61 Å². The van der Waals surface area contributed by atoms with Crippen LogP contribution in [0, 0.1) is 0 Å². The van der Waals surface area contributed by atoms with Gasteiger partial charge >= 0.3 is 0 Å². The van der Waals surface area contributed by atoms with Crippen LogP contribution in [0.5, 0.6) is 5.75 Å². The number of hydrogen-bond acceptors (Lipinski definition) is 4. The standard InChI is InChI=1S/C20H20N4O2/c1-3-26-19-12-8-7-11-16(19)17-13-18(23-22-17)20(25)24-21-14(2)15-9-5-4-6-10-15/h4-13H,3H2,1-2H3,(H,22,23)(H,24,25)/b21-14-. The van der Waals surface area contributed by atoms with Crippen molar-refractivity contribution in [2.45, 2.75) is 13.8 Å². The van der Waals surface area contributed by atoms with Crippen molar-refractivity contribution in [2.24, 2.45) is 5.10 Å². The number of aromatic nitrogens is 2. The van der Waals surface area contributed by atoms with E-state index in [1.165, 1.54) is 0 Å². The Hall–Kier alpha value is -3.41. The molecule has 0 saturated heterocycles. The number of hydrazone groups is 1. The van der Waals surface area contributed by atoms with Crippen LogP contribution in [0.25, 0.3) is 11.3 Å². The molecule has 0 fully saturated rings. The molecule has 0 spiro atoms. The maximum absolute atomic E-state index is 12.3. The number of nitrogens with one attached hydrogen (secondary N) is 2. The highest BCUT2D eigenvalue weighted by atomic mass is 16.5. The van der Waals surface area contributed by atoms with Crippen LogP contribution in [0.2, 0.25) is 0 Å². The van der Waals surface area contributed by atoms with Crippen LogP contribution in [0.4, 0.5) is 0 Å². The molecule has 0 radical (unpaired) electrons. The van der Waals surface area contributed by atoms with E-state index in [2.05, 4.69) is 20.7 Å². The Kier molecular flexibility index (Phi) is 5.43. The van der Waals surface area contributed by atoms with Crippen LogP contribution < -0.4 is 10.2 Å². The van der Waals surface area contributed by atoms with Crippen molar-refractivity contribution in [1.29, 1.82) is 0 Å². The second-order valence-electron chi connectivity index (χ2n) is 5.60. The third-order valence-corrected chi connectivity index (χ3v) is 3.80. The summed E-state index contributed by atoms with van der Waals surface area (Å²) in [5.74, 6) is 0.374. The van der Waals surface area contributed by atoms with Gasteiger partial charge < -0.3 is 4.74 Å². The molecule has 0 aliphatic carbocycles. The fourth-order valence-electron chi connectivity index (χ4n) is 2.47. The first kappa shape index (κ1) is 17.4. The highest BCUT2D eigenvalue weighted by Crippen LogP contribution is 2.28. The summed E-state index contributed by atoms with van der Waals surface area (Å²) in [6.45, 7) is 4.32. The number of amides is 1. The molecule has 0 aliphatic heterocycles. The van der Waals surface area contributed by atoms with E-state index >= 15 is 0 Å². The number of rotatable bonds is 6. The molecule has 0 atom stereocenters. The SMILES string of the molecule is CCOc1ccccc1-c1cc(C(=O)N/N=C(/C)c2ccccc2)[nH]n1. The third-order valence-electron chi connectivity index (χ3n) is 3.80. The van der Waals surface area contributed by atoms with Crippen molar-refractivity contribution in [3.8, 4) is 17.0 Å². The van der Waals surface area contributed by atoms with Gasteiger partial charge in [-0.3, -0.25) is 9.89 Å². The summed E-state index contributed by atoms with van der Waals surface area (Å²) in [5.41, 5.74) is 6.02. The van der Waals surface area contributed by atoms with E-state index in [1.54, 1.807) is 6.07 Å². The summed E-state index contributed by atoms with van der Waals surface area (Å²) in [6, 6.07) is 18.9. The lowest BCUT2D eigenvalue weighted by atomic mass is 10.1. The van der Waals surface area contributed by atoms with Crippen LogP contribution in [-0.4, -0.2) is 28.4 Å². The number of ether oxygens (including phenoxy) is 1. The molecule has 26 heavy (non-hydrogen) atoms. The van der Waals surface area contributed by atoms with Crippen molar-refractivity contribution < 1.29 is 9.53 Å². The molecule has 0 aliphatic rings. The molecule has 6 heteroatoms. The van der Waals surface area contributed by atoms with Gasteiger partial charge in [-0.05, 0) is 37.6 Å². The molecule has 6 nitrogen and oxygen atoms in total. The number of carbonyl (C=O) groups is 1. The first-order chi connectivity index (χ1) is 12.7. The van der Waals surface area contributed by atoms with Gasteiger partial charge in [0.1, 0.15) is 11.4 Å². The predicted octanol–water partition coefficient (Wildman–Crippen LogP) is 3.63. The summed E-state index contributed by atoms with van der Waals surface area (Å²) in [6.07, 6.45) is 0. The Morgan fingerprint density at radius 2 is 1.88 bits per heavy atom. The first-order valence-electron chi connectivity index (χ1n) is 8.36. The maximum Gasteiger partial charge on any atom is 0.289 e. The largest absolute Gasteiger partial charge is 0.493 e. The zero-order chi connectivity index (χ0) is 18.4. The maximum atomic E-state index is 12.3. The summed E-state index contributed by atoms with van der Waals surface area (Å²) >= 11 is 0. The van der Waals surface area contributed by atoms with Crippen molar-refractivity contribution >= 4 is 11.6 Å². The number of carbonyl (C=O) groups excluding carboxylic acids is 1. The van der Waals surface area contributed by atoms with Gasteiger partial charge in [-0.15, -0.1) is 0 Å². The average molecular weight is 348 g/mol. The summed E-state index contributed by atoms with van der Waals surface area (Å²) < 4.78 is 5.61. The van der Waals surface area contributed by atoms with Gasteiger partial charge in [0.25, 0.3) is 5.91 Å². The number of nitrogens with zero attached hydrogens (tertiary/aromatic N) is 2.